The molecule has 1 fully saturated rings. The van der Waals surface area contributed by atoms with Gasteiger partial charge in [0.25, 0.3) is 5.91 Å². The minimum atomic E-state index is -4.45. The first-order valence-electron chi connectivity index (χ1n) is 10.6. The summed E-state index contributed by atoms with van der Waals surface area (Å²) in [5, 5.41) is 5.30. The number of amides is 1. The van der Waals surface area contributed by atoms with Gasteiger partial charge in [0, 0.05) is 37.3 Å². The molecule has 0 atom stereocenters. The van der Waals surface area contributed by atoms with Crippen molar-refractivity contribution in [1.29, 1.82) is 0 Å². The van der Waals surface area contributed by atoms with Gasteiger partial charge in [-0.1, -0.05) is 12.8 Å². The van der Waals surface area contributed by atoms with Gasteiger partial charge in [0.2, 0.25) is 0 Å². The number of fused-ring (bicyclic) bond motifs is 2. The zero-order valence-electron chi connectivity index (χ0n) is 17.6. The van der Waals surface area contributed by atoms with E-state index in [1.54, 1.807) is 17.8 Å². The molecule has 4 aromatic rings. The fraction of sp³-hybridized carbons (Fsp3) is 0.348. The number of imidazole rings is 1. The Balaban J connectivity index is 1.57. The van der Waals surface area contributed by atoms with Crippen LogP contribution in [0.5, 0.6) is 0 Å². The number of benzene rings is 1. The summed E-state index contributed by atoms with van der Waals surface area (Å²) in [5.74, 6) is 0.00108. The zero-order chi connectivity index (χ0) is 22.5. The van der Waals surface area contributed by atoms with Gasteiger partial charge in [-0.15, -0.1) is 0 Å². The standard InChI is InChI=1S/C23H22F3N5O/c1-29-18-12-15(22(32)30-10-4-2-3-5-11-30)6-8-17(18)21(28-29)19-13-27-20-9-7-16(14-31(19)20)23(24,25)26/h6-9,12-14H,2-5,10-11H2,1H3. The molecule has 1 aliphatic heterocycles. The number of aryl methyl sites for hydroxylation is 1. The molecule has 0 N–H and O–H groups in total. The smallest absolute Gasteiger partial charge is 0.339 e. The number of rotatable bonds is 2. The van der Waals surface area contributed by atoms with Crippen LogP contribution in [-0.2, 0) is 13.2 Å². The van der Waals surface area contributed by atoms with Crippen LogP contribution in [-0.4, -0.2) is 43.1 Å². The molecule has 5 rings (SSSR count). The molecular weight excluding hydrogens is 419 g/mol. The molecule has 1 aromatic carbocycles. The van der Waals surface area contributed by atoms with Gasteiger partial charge < -0.3 is 4.90 Å². The maximum atomic E-state index is 13.2. The summed E-state index contributed by atoms with van der Waals surface area (Å²) >= 11 is 0. The second-order valence-electron chi connectivity index (χ2n) is 8.20. The third kappa shape index (κ3) is 3.51. The van der Waals surface area contributed by atoms with Crippen molar-refractivity contribution in [2.75, 3.05) is 13.1 Å². The lowest BCUT2D eigenvalue weighted by molar-refractivity contribution is -0.137. The lowest BCUT2D eigenvalue weighted by Gasteiger charge is -2.20. The molecule has 0 saturated carbocycles. The highest BCUT2D eigenvalue weighted by Crippen LogP contribution is 2.33. The van der Waals surface area contributed by atoms with Crippen LogP contribution in [0.3, 0.4) is 0 Å². The number of hydrogen-bond donors (Lipinski definition) is 0. The van der Waals surface area contributed by atoms with E-state index in [1.165, 1.54) is 16.7 Å². The average molecular weight is 441 g/mol. The summed E-state index contributed by atoms with van der Waals surface area (Å²) < 4.78 is 42.7. The fourth-order valence-electron chi connectivity index (χ4n) is 4.36. The topological polar surface area (TPSA) is 55.4 Å². The van der Waals surface area contributed by atoms with Gasteiger partial charge in [-0.05, 0) is 43.2 Å². The van der Waals surface area contributed by atoms with Crippen LogP contribution >= 0.6 is 0 Å². The number of aromatic nitrogens is 4. The number of alkyl halides is 3. The highest BCUT2D eigenvalue weighted by Gasteiger charge is 2.31. The first-order valence-corrected chi connectivity index (χ1v) is 10.6. The SMILES string of the molecule is Cn1nc(-c2cnc3ccc(C(F)(F)F)cn23)c2ccc(C(=O)N3CCCCCC3)cc21. The van der Waals surface area contributed by atoms with Crippen LogP contribution in [0, 0.1) is 0 Å². The highest BCUT2D eigenvalue weighted by molar-refractivity contribution is 6.01. The monoisotopic (exact) mass is 441 g/mol. The van der Waals surface area contributed by atoms with E-state index in [4.69, 9.17) is 0 Å². The molecule has 0 radical (unpaired) electrons. The minimum Gasteiger partial charge on any atom is -0.339 e. The third-order valence-corrected chi connectivity index (χ3v) is 6.07. The summed E-state index contributed by atoms with van der Waals surface area (Å²) in [6.45, 7) is 1.52. The summed E-state index contributed by atoms with van der Waals surface area (Å²) in [7, 11) is 1.76. The molecule has 1 aliphatic rings. The number of halogens is 3. The number of hydrogen-bond acceptors (Lipinski definition) is 3. The van der Waals surface area contributed by atoms with Gasteiger partial charge in [0.15, 0.2) is 0 Å². The predicted molar refractivity (Wildman–Crippen MR) is 114 cm³/mol. The largest absolute Gasteiger partial charge is 0.417 e. The zero-order valence-corrected chi connectivity index (χ0v) is 17.6. The lowest BCUT2D eigenvalue weighted by atomic mass is 10.1. The van der Waals surface area contributed by atoms with E-state index in [-0.39, 0.29) is 5.91 Å². The van der Waals surface area contributed by atoms with Crippen LogP contribution < -0.4 is 0 Å². The van der Waals surface area contributed by atoms with E-state index in [0.29, 0.717) is 22.6 Å². The van der Waals surface area contributed by atoms with E-state index in [1.807, 2.05) is 17.0 Å². The van der Waals surface area contributed by atoms with E-state index in [0.717, 1.165) is 61.9 Å². The number of carbonyl (C=O) groups is 1. The highest BCUT2D eigenvalue weighted by atomic mass is 19.4. The average Bonchev–Trinajstić information content (AvgIpc) is 3.20. The number of likely N-dealkylation sites (tertiary alicyclic amines) is 1. The molecule has 4 heterocycles. The molecule has 32 heavy (non-hydrogen) atoms. The lowest BCUT2D eigenvalue weighted by Crippen LogP contribution is -2.31. The molecule has 3 aromatic heterocycles. The van der Waals surface area contributed by atoms with Crippen LogP contribution in [0.25, 0.3) is 27.9 Å². The molecule has 166 valence electrons. The maximum absolute atomic E-state index is 13.2. The second-order valence-corrected chi connectivity index (χ2v) is 8.20. The second kappa shape index (κ2) is 7.65. The molecule has 0 bridgehead atoms. The summed E-state index contributed by atoms with van der Waals surface area (Å²) in [6, 6.07) is 7.75. The van der Waals surface area contributed by atoms with E-state index in [9.17, 15) is 18.0 Å². The van der Waals surface area contributed by atoms with Crippen LogP contribution in [0.4, 0.5) is 13.2 Å². The molecule has 6 nitrogen and oxygen atoms in total. The van der Waals surface area contributed by atoms with Gasteiger partial charge in [0.05, 0.1) is 23.0 Å². The molecule has 0 aliphatic carbocycles. The fourth-order valence-corrected chi connectivity index (χ4v) is 4.36. The summed E-state index contributed by atoms with van der Waals surface area (Å²) in [4.78, 5) is 19.2. The Morgan fingerprint density at radius 1 is 1.03 bits per heavy atom. The third-order valence-electron chi connectivity index (χ3n) is 6.07. The molecule has 1 saturated heterocycles. The normalized spacial score (nSPS) is 15.4. The molecule has 0 spiro atoms. The Labute approximate surface area is 182 Å². The molecular formula is C23H22F3N5O. The first-order chi connectivity index (χ1) is 15.3. The van der Waals surface area contributed by atoms with Gasteiger partial charge in [-0.25, -0.2) is 4.98 Å². The molecule has 0 unspecified atom stereocenters. The van der Waals surface area contributed by atoms with Gasteiger partial charge in [-0.2, -0.15) is 18.3 Å². The van der Waals surface area contributed by atoms with Crippen molar-refractivity contribution in [2.24, 2.45) is 7.05 Å². The molecule has 1 amide bonds. The van der Waals surface area contributed by atoms with Crippen molar-refractivity contribution < 1.29 is 18.0 Å². The Kier molecular flexibility index (Phi) is 4.91. The Morgan fingerprint density at radius 2 is 1.78 bits per heavy atom. The Bertz CT molecular complexity index is 1310. The van der Waals surface area contributed by atoms with E-state index in [2.05, 4.69) is 10.1 Å². The predicted octanol–water partition coefficient (Wildman–Crippen LogP) is 4.92. The van der Waals surface area contributed by atoms with Gasteiger partial charge in [0.1, 0.15) is 11.3 Å². The summed E-state index contributed by atoms with van der Waals surface area (Å²) in [6.07, 6.45) is 2.41. The van der Waals surface area contributed by atoms with Crippen molar-refractivity contribution in [3.05, 3.63) is 53.9 Å². The van der Waals surface area contributed by atoms with Crippen molar-refractivity contribution in [3.63, 3.8) is 0 Å². The van der Waals surface area contributed by atoms with Crippen LogP contribution in [0.2, 0.25) is 0 Å². The Hall–Kier alpha value is -3.36. The minimum absolute atomic E-state index is 0.00108. The van der Waals surface area contributed by atoms with Crippen molar-refractivity contribution in [1.82, 2.24) is 24.1 Å². The summed E-state index contributed by atoms with van der Waals surface area (Å²) in [5.41, 5.74) is 1.95. The van der Waals surface area contributed by atoms with Gasteiger partial charge >= 0.3 is 6.18 Å². The van der Waals surface area contributed by atoms with Gasteiger partial charge in [-0.3, -0.25) is 13.9 Å². The number of pyridine rings is 1. The van der Waals surface area contributed by atoms with Crippen molar-refractivity contribution in [3.8, 4) is 11.4 Å². The number of nitrogens with zero attached hydrogens (tertiary/aromatic N) is 5. The first kappa shape index (κ1) is 20.5. The Morgan fingerprint density at radius 3 is 2.50 bits per heavy atom. The van der Waals surface area contributed by atoms with Crippen molar-refractivity contribution >= 4 is 22.5 Å². The molecule has 9 heteroatoms. The van der Waals surface area contributed by atoms with Crippen LogP contribution in [0.1, 0.15) is 41.6 Å². The maximum Gasteiger partial charge on any atom is 0.417 e. The van der Waals surface area contributed by atoms with Crippen LogP contribution in [0.15, 0.2) is 42.7 Å². The van der Waals surface area contributed by atoms with E-state index >= 15 is 0 Å². The van der Waals surface area contributed by atoms with E-state index < -0.39 is 11.7 Å². The van der Waals surface area contributed by atoms with Crippen molar-refractivity contribution in [2.45, 2.75) is 31.9 Å². The quantitative estimate of drug-likeness (QED) is 0.444. The number of carbonyl (C=O) groups excluding carboxylic acids is 1.